The van der Waals surface area contributed by atoms with Crippen molar-refractivity contribution in [2.75, 3.05) is 37.4 Å². The molecule has 1 unspecified atom stereocenters. The number of hydrogen-bond donors (Lipinski definition) is 3. The Labute approximate surface area is 164 Å². The van der Waals surface area contributed by atoms with E-state index in [-0.39, 0.29) is 11.7 Å². The van der Waals surface area contributed by atoms with Crippen molar-refractivity contribution in [3.05, 3.63) is 34.8 Å². The molecule has 2 fully saturated rings. The number of halogens is 1. The fraction of sp³-hybridized carbons (Fsp3) is 0.524. The summed E-state index contributed by atoms with van der Waals surface area (Å²) in [7, 11) is 1.81. The van der Waals surface area contributed by atoms with Crippen LogP contribution in [0.5, 0.6) is 5.75 Å². The van der Waals surface area contributed by atoms with Gasteiger partial charge in [-0.15, -0.1) is 0 Å². The van der Waals surface area contributed by atoms with E-state index in [2.05, 4.69) is 25.9 Å². The molecule has 1 saturated heterocycles. The van der Waals surface area contributed by atoms with Crippen molar-refractivity contribution in [3.63, 3.8) is 0 Å². The second kappa shape index (κ2) is 6.88. The van der Waals surface area contributed by atoms with Crippen LogP contribution in [0.3, 0.4) is 0 Å². The molecule has 2 aliphatic heterocycles. The Morgan fingerprint density at radius 3 is 2.71 bits per heavy atom. The van der Waals surface area contributed by atoms with Crippen molar-refractivity contribution in [1.29, 1.82) is 0 Å². The molecule has 3 N–H and O–H groups in total. The number of aryl methyl sites for hydroxylation is 1. The van der Waals surface area contributed by atoms with Gasteiger partial charge in [-0.2, -0.15) is 4.98 Å². The highest BCUT2D eigenvalue weighted by atomic mass is 19.1. The maximum absolute atomic E-state index is 15.7. The van der Waals surface area contributed by atoms with Gasteiger partial charge in [-0.25, -0.2) is 9.37 Å². The van der Waals surface area contributed by atoms with Gasteiger partial charge in [0.05, 0.1) is 12.3 Å². The van der Waals surface area contributed by atoms with Crippen LogP contribution in [0, 0.1) is 24.6 Å². The first-order valence-electron chi connectivity index (χ1n) is 10.1. The molecular weight excluding hydrogens is 357 g/mol. The second-order valence-corrected chi connectivity index (χ2v) is 8.18. The molecule has 1 aromatic heterocycles. The van der Waals surface area contributed by atoms with Crippen LogP contribution in [0.2, 0.25) is 0 Å². The first-order chi connectivity index (χ1) is 13.6. The maximum atomic E-state index is 15.7. The van der Waals surface area contributed by atoms with Crippen molar-refractivity contribution in [2.45, 2.75) is 32.1 Å². The fourth-order valence-electron chi connectivity index (χ4n) is 5.07. The minimum absolute atomic E-state index is 0.213. The summed E-state index contributed by atoms with van der Waals surface area (Å²) in [6.07, 6.45) is 2.87. The van der Waals surface area contributed by atoms with Crippen LogP contribution < -0.4 is 20.7 Å². The second-order valence-electron chi connectivity index (χ2n) is 8.18. The normalized spacial score (nSPS) is 25.3. The summed E-state index contributed by atoms with van der Waals surface area (Å²) in [4.78, 5) is 8.83. The van der Waals surface area contributed by atoms with E-state index in [1.54, 1.807) is 0 Å². The van der Waals surface area contributed by atoms with Crippen molar-refractivity contribution in [3.8, 4) is 5.75 Å². The Morgan fingerprint density at radius 2 is 1.96 bits per heavy atom. The molecule has 2 aromatic rings. The van der Waals surface area contributed by atoms with E-state index in [0.29, 0.717) is 35.9 Å². The number of nitrogens with one attached hydrogen (secondary N) is 3. The predicted octanol–water partition coefficient (Wildman–Crippen LogP) is 3.36. The van der Waals surface area contributed by atoms with Gasteiger partial charge in [-0.1, -0.05) is 0 Å². The Bertz CT molecular complexity index is 906. The first-order valence-corrected chi connectivity index (χ1v) is 10.1. The summed E-state index contributed by atoms with van der Waals surface area (Å²) in [6, 6.07) is 3.72. The Kier molecular flexibility index (Phi) is 4.34. The molecule has 1 saturated carbocycles. The van der Waals surface area contributed by atoms with Gasteiger partial charge in [0.25, 0.3) is 0 Å². The Morgan fingerprint density at radius 1 is 1.18 bits per heavy atom. The molecule has 28 heavy (non-hydrogen) atoms. The monoisotopic (exact) mass is 383 g/mol. The molecule has 3 aliphatic rings. The average molecular weight is 383 g/mol. The van der Waals surface area contributed by atoms with Crippen LogP contribution in [0.15, 0.2) is 12.1 Å². The smallest absolute Gasteiger partial charge is 0.229 e. The molecule has 1 aromatic carbocycles. The lowest BCUT2D eigenvalue weighted by atomic mass is 9.91. The van der Waals surface area contributed by atoms with E-state index in [1.165, 1.54) is 0 Å². The SMILES string of the molecule is CNc1cc(C)nc(Nc2cc3c(c([C@H]4CC5CNC[C@H]5C4)c2F)OCC3)n1. The molecule has 5 rings (SSSR count). The van der Waals surface area contributed by atoms with Gasteiger partial charge in [-0.3, -0.25) is 0 Å². The number of aromatic nitrogens is 2. The van der Waals surface area contributed by atoms with Gasteiger partial charge in [0.15, 0.2) is 5.82 Å². The third-order valence-electron chi connectivity index (χ3n) is 6.36. The lowest BCUT2D eigenvalue weighted by molar-refractivity contribution is 0.347. The zero-order chi connectivity index (χ0) is 19.3. The molecule has 0 spiro atoms. The topological polar surface area (TPSA) is 71.1 Å². The summed E-state index contributed by atoms with van der Waals surface area (Å²) in [6.45, 7) is 4.62. The molecule has 3 heterocycles. The van der Waals surface area contributed by atoms with Gasteiger partial charge >= 0.3 is 0 Å². The van der Waals surface area contributed by atoms with Gasteiger partial charge in [0.2, 0.25) is 5.95 Å². The summed E-state index contributed by atoms with van der Waals surface area (Å²) >= 11 is 0. The van der Waals surface area contributed by atoms with Crippen LogP contribution in [0.4, 0.5) is 21.8 Å². The minimum Gasteiger partial charge on any atom is -0.493 e. The van der Waals surface area contributed by atoms with E-state index >= 15 is 4.39 Å². The summed E-state index contributed by atoms with van der Waals surface area (Å²) < 4.78 is 21.6. The standard InChI is InChI=1S/C21H26FN5O/c1-11-5-17(23-2)27-21(25-11)26-16-8-12-3-4-28-20(12)18(19(16)22)13-6-14-9-24-10-15(14)7-13/h5,8,13-15,24H,3-4,6-7,9-10H2,1-2H3,(H2,23,25,26,27)/t13-,14-,15?/m1/s1. The van der Waals surface area contributed by atoms with E-state index in [9.17, 15) is 0 Å². The van der Waals surface area contributed by atoms with Crippen molar-refractivity contribution in [1.82, 2.24) is 15.3 Å². The number of fused-ring (bicyclic) bond motifs is 2. The molecular formula is C21H26FN5O. The van der Waals surface area contributed by atoms with Crippen molar-refractivity contribution < 1.29 is 9.13 Å². The minimum atomic E-state index is -0.213. The zero-order valence-corrected chi connectivity index (χ0v) is 16.3. The fourth-order valence-corrected chi connectivity index (χ4v) is 5.07. The van der Waals surface area contributed by atoms with Gasteiger partial charge in [0, 0.05) is 36.4 Å². The maximum Gasteiger partial charge on any atom is 0.229 e. The van der Waals surface area contributed by atoms with Crippen LogP contribution in [-0.2, 0) is 6.42 Å². The van der Waals surface area contributed by atoms with Crippen molar-refractivity contribution >= 4 is 17.5 Å². The number of benzene rings is 1. The highest BCUT2D eigenvalue weighted by Crippen LogP contribution is 2.50. The molecule has 0 bridgehead atoms. The molecule has 7 heteroatoms. The number of rotatable bonds is 4. The number of ether oxygens (including phenoxy) is 1. The van der Waals surface area contributed by atoms with Crippen LogP contribution in [0.25, 0.3) is 0 Å². The van der Waals surface area contributed by atoms with Gasteiger partial charge in [-0.05, 0) is 56.7 Å². The molecule has 148 valence electrons. The first kappa shape index (κ1) is 17.7. The largest absolute Gasteiger partial charge is 0.493 e. The van der Waals surface area contributed by atoms with Gasteiger partial charge < -0.3 is 20.7 Å². The van der Waals surface area contributed by atoms with Crippen LogP contribution >= 0.6 is 0 Å². The number of hydrogen-bond acceptors (Lipinski definition) is 6. The molecule has 3 atom stereocenters. The van der Waals surface area contributed by atoms with E-state index in [0.717, 1.165) is 54.9 Å². The summed E-state index contributed by atoms with van der Waals surface area (Å²) in [5.41, 5.74) is 3.11. The highest BCUT2D eigenvalue weighted by Gasteiger charge is 2.41. The van der Waals surface area contributed by atoms with E-state index in [4.69, 9.17) is 4.74 Å². The van der Waals surface area contributed by atoms with Crippen LogP contribution in [0.1, 0.15) is 35.6 Å². The summed E-state index contributed by atoms with van der Waals surface area (Å²) in [5.74, 6) is 3.19. The van der Waals surface area contributed by atoms with E-state index in [1.807, 2.05) is 26.1 Å². The Balaban J connectivity index is 1.52. The predicted molar refractivity (Wildman–Crippen MR) is 107 cm³/mol. The lowest BCUT2D eigenvalue weighted by Crippen LogP contribution is -2.13. The summed E-state index contributed by atoms with van der Waals surface area (Å²) in [5, 5.41) is 9.61. The van der Waals surface area contributed by atoms with Crippen molar-refractivity contribution in [2.24, 2.45) is 11.8 Å². The zero-order valence-electron chi connectivity index (χ0n) is 16.3. The molecule has 0 radical (unpaired) electrons. The van der Waals surface area contributed by atoms with Crippen LogP contribution in [-0.4, -0.2) is 36.7 Å². The molecule has 6 nitrogen and oxygen atoms in total. The highest BCUT2D eigenvalue weighted by molar-refractivity contribution is 5.64. The third kappa shape index (κ3) is 2.98. The molecule has 1 aliphatic carbocycles. The Hall–Kier alpha value is -2.41. The number of nitrogens with zero attached hydrogens (tertiary/aromatic N) is 2. The molecule has 0 amide bonds. The van der Waals surface area contributed by atoms with Gasteiger partial charge in [0.1, 0.15) is 11.6 Å². The lowest BCUT2D eigenvalue weighted by Gasteiger charge is -2.19. The quantitative estimate of drug-likeness (QED) is 0.752. The average Bonchev–Trinajstić information content (AvgIpc) is 3.37. The van der Waals surface area contributed by atoms with E-state index < -0.39 is 0 Å². The third-order valence-corrected chi connectivity index (χ3v) is 6.36. The number of anilines is 3.